The van der Waals surface area contributed by atoms with Gasteiger partial charge in [-0.15, -0.1) is 0 Å². The highest BCUT2D eigenvalue weighted by atomic mass is 16.5. The summed E-state index contributed by atoms with van der Waals surface area (Å²) < 4.78 is 5.39. The van der Waals surface area contributed by atoms with Gasteiger partial charge in [0.1, 0.15) is 0 Å². The zero-order valence-corrected chi connectivity index (χ0v) is 11.9. The molecule has 1 aliphatic carbocycles. The molecule has 19 heavy (non-hydrogen) atoms. The number of rotatable bonds is 2. The van der Waals surface area contributed by atoms with E-state index in [0.717, 1.165) is 45.6 Å². The maximum absolute atomic E-state index is 12.6. The lowest BCUT2D eigenvalue weighted by Crippen LogP contribution is -2.39. The highest BCUT2D eigenvalue weighted by Crippen LogP contribution is 2.38. The van der Waals surface area contributed by atoms with Gasteiger partial charge in [-0.05, 0) is 43.4 Å². The van der Waals surface area contributed by atoms with Crippen LogP contribution in [0, 0.1) is 23.7 Å². The van der Waals surface area contributed by atoms with Gasteiger partial charge in [-0.1, -0.05) is 6.92 Å². The van der Waals surface area contributed by atoms with Gasteiger partial charge in [-0.25, -0.2) is 0 Å². The Hall–Kier alpha value is -0.610. The Bertz CT molecular complexity index is 341. The normalized spacial score (nSPS) is 37.4. The van der Waals surface area contributed by atoms with Gasteiger partial charge in [-0.2, -0.15) is 0 Å². The monoisotopic (exact) mass is 266 g/mol. The fourth-order valence-corrected chi connectivity index (χ4v) is 4.19. The summed E-state index contributed by atoms with van der Waals surface area (Å²) in [5.74, 6) is 2.24. The molecule has 1 amide bonds. The van der Waals surface area contributed by atoms with Crippen LogP contribution in [0.3, 0.4) is 0 Å². The molecule has 2 heterocycles. The molecule has 108 valence electrons. The maximum Gasteiger partial charge on any atom is 0.225 e. The summed E-state index contributed by atoms with van der Waals surface area (Å²) >= 11 is 0. The molecule has 4 atom stereocenters. The minimum Gasteiger partial charge on any atom is -0.381 e. The van der Waals surface area contributed by atoms with Crippen molar-refractivity contribution in [3.8, 4) is 0 Å². The molecule has 0 aromatic rings. The highest BCUT2D eigenvalue weighted by molar-refractivity contribution is 5.79. The Morgan fingerprint density at radius 1 is 1.21 bits per heavy atom. The predicted octanol–water partition coefficient (Wildman–Crippen LogP) is 1.24. The molecule has 0 aromatic carbocycles. The van der Waals surface area contributed by atoms with E-state index < -0.39 is 0 Å². The summed E-state index contributed by atoms with van der Waals surface area (Å²) in [6.45, 7) is 5.59. The van der Waals surface area contributed by atoms with E-state index in [0.29, 0.717) is 29.7 Å². The van der Waals surface area contributed by atoms with E-state index in [1.54, 1.807) is 0 Å². The lowest BCUT2D eigenvalue weighted by molar-refractivity contribution is -0.137. The van der Waals surface area contributed by atoms with Crippen LogP contribution < -0.4 is 5.73 Å². The minimum absolute atomic E-state index is 0.152. The van der Waals surface area contributed by atoms with Gasteiger partial charge in [0.15, 0.2) is 0 Å². The van der Waals surface area contributed by atoms with Gasteiger partial charge in [0, 0.05) is 38.3 Å². The Kier molecular flexibility index (Phi) is 3.81. The number of carbonyl (C=O) groups excluding carboxylic acids is 1. The largest absolute Gasteiger partial charge is 0.381 e. The Labute approximate surface area is 115 Å². The molecule has 2 saturated heterocycles. The van der Waals surface area contributed by atoms with Crippen molar-refractivity contribution in [3.63, 3.8) is 0 Å². The van der Waals surface area contributed by atoms with Crippen molar-refractivity contribution in [2.45, 2.75) is 38.6 Å². The molecule has 2 N–H and O–H groups in total. The average Bonchev–Trinajstić information content (AvgIpc) is 3.01. The number of fused-ring (bicyclic) bond motifs is 1. The molecular formula is C15H26N2O2. The van der Waals surface area contributed by atoms with Gasteiger partial charge in [0.25, 0.3) is 0 Å². The van der Waals surface area contributed by atoms with Crippen molar-refractivity contribution in [2.75, 3.05) is 26.3 Å². The maximum atomic E-state index is 12.6. The van der Waals surface area contributed by atoms with E-state index >= 15 is 0 Å². The minimum atomic E-state index is 0.152. The van der Waals surface area contributed by atoms with Crippen molar-refractivity contribution in [2.24, 2.45) is 29.4 Å². The summed E-state index contributed by atoms with van der Waals surface area (Å²) in [5, 5.41) is 0. The van der Waals surface area contributed by atoms with Crippen molar-refractivity contribution >= 4 is 5.91 Å². The van der Waals surface area contributed by atoms with Gasteiger partial charge >= 0.3 is 0 Å². The summed E-state index contributed by atoms with van der Waals surface area (Å²) in [6, 6.07) is 0.321. The average molecular weight is 266 g/mol. The van der Waals surface area contributed by atoms with Gasteiger partial charge in [0.05, 0.1) is 0 Å². The van der Waals surface area contributed by atoms with E-state index in [2.05, 4.69) is 11.8 Å². The smallest absolute Gasteiger partial charge is 0.225 e. The zero-order chi connectivity index (χ0) is 13.4. The number of nitrogens with two attached hydrogens (primary N) is 1. The highest BCUT2D eigenvalue weighted by Gasteiger charge is 2.43. The first-order valence-electron chi connectivity index (χ1n) is 7.79. The number of amides is 1. The molecule has 0 bridgehead atoms. The van der Waals surface area contributed by atoms with Crippen LogP contribution >= 0.6 is 0 Å². The first-order valence-corrected chi connectivity index (χ1v) is 7.79. The van der Waals surface area contributed by atoms with Crippen LogP contribution in [0.25, 0.3) is 0 Å². The SMILES string of the molecule is CC(C(=O)N1CC2CCC(N)C2C1)C1CCOCC1. The van der Waals surface area contributed by atoms with Crippen molar-refractivity contribution in [1.82, 2.24) is 4.90 Å². The van der Waals surface area contributed by atoms with Gasteiger partial charge in [-0.3, -0.25) is 4.79 Å². The number of likely N-dealkylation sites (tertiary alicyclic amines) is 1. The van der Waals surface area contributed by atoms with Crippen LogP contribution in [0.2, 0.25) is 0 Å². The molecule has 4 nitrogen and oxygen atoms in total. The quantitative estimate of drug-likeness (QED) is 0.818. The second-order valence-electron chi connectivity index (χ2n) is 6.65. The molecule has 3 fully saturated rings. The number of nitrogens with zero attached hydrogens (tertiary/aromatic N) is 1. The van der Waals surface area contributed by atoms with E-state index in [-0.39, 0.29) is 5.92 Å². The summed E-state index contributed by atoms with van der Waals surface area (Å²) in [5.41, 5.74) is 6.15. The molecule has 0 spiro atoms. The van der Waals surface area contributed by atoms with Crippen molar-refractivity contribution < 1.29 is 9.53 Å². The van der Waals surface area contributed by atoms with Crippen LogP contribution in [0.4, 0.5) is 0 Å². The van der Waals surface area contributed by atoms with Gasteiger partial charge in [0.2, 0.25) is 5.91 Å². The standard InChI is InChI=1S/C15H26N2O2/c1-10(11-4-6-19-7-5-11)15(18)17-8-12-2-3-14(16)13(12)9-17/h10-14H,2-9,16H2,1H3. The molecule has 4 unspecified atom stereocenters. The third-order valence-electron chi connectivity index (χ3n) is 5.59. The van der Waals surface area contributed by atoms with Crippen LogP contribution in [-0.2, 0) is 9.53 Å². The summed E-state index contributed by atoms with van der Waals surface area (Å²) in [6.07, 6.45) is 4.42. The van der Waals surface area contributed by atoms with E-state index in [1.165, 1.54) is 6.42 Å². The Morgan fingerprint density at radius 3 is 2.63 bits per heavy atom. The predicted molar refractivity (Wildman–Crippen MR) is 73.5 cm³/mol. The number of carbonyl (C=O) groups is 1. The molecule has 0 aromatic heterocycles. The lowest BCUT2D eigenvalue weighted by atomic mass is 9.86. The van der Waals surface area contributed by atoms with E-state index in [4.69, 9.17) is 10.5 Å². The summed E-state index contributed by atoms with van der Waals surface area (Å²) in [4.78, 5) is 14.7. The third-order valence-corrected chi connectivity index (χ3v) is 5.59. The van der Waals surface area contributed by atoms with Gasteiger partial charge < -0.3 is 15.4 Å². The van der Waals surface area contributed by atoms with Crippen LogP contribution in [-0.4, -0.2) is 43.2 Å². The second-order valence-corrected chi connectivity index (χ2v) is 6.65. The van der Waals surface area contributed by atoms with Crippen molar-refractivity contribution in [3.05, 3.63) is 0 Å². The van der Waals surface area contributed by atoms with E-state index in [9.17, 15) is 4.79 Å². The summed E-state index contributed by atoms with van der Waals surface area (Å²) in [7, 11) is 0. The first kappa shape index (κ1) is 13.4. The van der Waals surface area contributed by atoms with Crippen LogP contribution in [0.1, 0.15) is 32.6 Å². The zero-order valence-electron chi connectivity index (χ0n) is 11.9. The topological polar surface area (TPSA) is 55.6 Å². The van der Waals surface area contributed by atoms with E-state index in [1.807, 2.05) is 0 Å². The first-order chi connectivity index (χ1) is 9.16. The molecule has 0 radical (unpaired) electrons. The number of hydrogen-bond acceptors (Lipinski definition) is 3. The molecule has 1 saturated carbocycles. The third kappa shape index (κ3) is 2.52. The fraction of sp³-hybridized carbons (Fsp3) is 0.933. The van der Waals surface area contributed by atoms with Crippen LogP contribution in [0.5, 0.6) is 0 Å². The molecule has 3 rings (SSSR count). The number of hydrogen-bond donors (Lipinski definition) is 1. The fourth-order valence-electron chi connectivity index (χ4n) is 4.19. The lowest BCUT2D eigenvalue weighted by Gasteiger charge is -2.30. The van der Waals surface area contributed by atoms with Crippen LogP contribution in [0.15, 0.2) is 0 Å². The number of ether oxygens (including phenoxy) is 1. The molecule has 4 heteroatoms. The van der Waals surface area contributed by atoms with Crippen molar-refractivity contribution in [1.29, 1.82) is 0 Å². The molecule has 2 aliphatic heterocycles. The Morgan fingerprint density at radius 2 is 1.95 bits per heavy atom. The Balaban J connectivity index is 1.58. The molecular weight excluding hydrogens is 240 g/mol. The molecule has 3 aliphatic rings. The second kappa shape index (κ2) is 5.41.